The molecule has 1 aromatic rings. The van der Waals surface area contributed by atoms with E-state index in [9.17, 15) is 9.59 Å². The van der Waals surface area contributed by atoms with E-state index in [2.05, 4.69) is 10.6 Å². The summed E-state index contributed by atoms with van der Waals surface area (Å²) in [5.41, 5.74) is 2.57. The SMILES string of the molecule is O=C1CCc2cc(C(=O)NCC3CCCCS3)ccc2N1. The molecule has 2 aliphatic rings. The highest BCUT2D eigenvalue weighted by Crippen LogP contribution is 2.25. The second-order valence-electron chi connectivity index (χ2n) is 5.62. The van der Waals surface area contributed by atoms with Crippen LogP contribution in [0.2, 0.25) is 0 Å². The van der Waals surface area contributed by atoms with Crippen molar-refractivity contribution >= 4 is 29.3 Å². The Bertz CT molecular complexity index is 553. The highest BCUT2D eigenvalue weighted by molar-refractivity contribution is 7.99. The van der Waals surface area contributed by atoms with E-state index in [4.69, 9.17) is 0 Å². The smallest absolute Gasteiger partial charge is 0.251 e. The fourth-order valence-electron chi connectivity index (χ4n) is 2.80. The summed E-state index contributed by atoms with van der Waals surface area (Å²) in [6, 6.07) is 5.52. The van der Waals surface area contributed by atoms with E-state index in [1.54, 1.807) is 6.07 Å². The number of carbonyl (C=O) groups excluding carboxylic acids is 2. The Morgan fingerprint density at radius 2 is 2.24 bits per heavy atom. The molecule has 0 aromatic heterocycles. The first-order valence-corrected chi connectivity index (χ1v) is 8.60. The predicted octanol–water partition coefficient (Wildman–Crippen LogP) is 2.59. The molecule has 2 N–H and O–H groups in total. The lowest BCUT2D eigenvalue weighted by molar-refractivity contribution is -0.116. The molecule has 1 atom stereocenters. The predicted molar refractivity (Wildman–Crippen MR) is 85.8 cm³/mol. The average Bonchev–Trinajstić information content (AvgIpc) is 2.53. The Hall–Kier alpha value is -1.49. The number of thioether (sulfide) groups is 1. The summed E-state index contributed by atoms with van der Waals surface area (Å²) < 4.78 is 0. The van der Waals surface area contributed by atoms with Crippen LogP contribution in [0.4, 0.5) is 5.69 Å². The third kappa shape index (κ3) is 3.59. The first-order chi connectivity index (χ1) is 10.2. The zero-order chi connectivity index (χ0) is 14.7. The van der Waals surface area contributed by atoms with Crippen LogP contribution >= 0.6 is 11.8 Å². The van der Waals surface area contributed by atoms with Crippen molar-refractivity contribution in [3.8, 4) is 0 Å². The van der Waals surface area contributed by atoms with Crippen LogP contribution in [0.3, 0.4) is 0 Å². The molecule has 1 saturated heterocycles. The van der Waals surface area contributed by atoms with Crippen molar-refractivity contribution in [1.82, 2.24) is 5.32 Å². The fraction of sp³-hybridized carbons (Fsp3) is 0.500. The van der Waals surface area contributed by atoms with Gasteiger partial charge in [0.2, 0.25) is 5.91 Å². The Kier molecular flexibility index (Phi) is 4.48. The summed E-state index contributed by atoms with van der Waals surface area (Å²) in [5.74, 6) is 1.24. The van der Waals surface area contributed by atoms with E-state index in [0.29, 0.717) is 23.7 Å². The third-order valence-corrected chi connectivity index (χ3v) is 5.43. The first kappa shape index (κ1) is 14.4. The lowest BCUT2D eigenvalue weighted by atomic mass is 10.00. The normalized spacial score (nSPS) is 21.3. The lowest BCUT2D eigenvalue weighted by Crippen LogP contribution is -2.32. The summed E-state index contributed by atoms with van der Waals surface area (Å²) in [4.78, 5) is 23.6. The minimum Gasteiger partial charge on any atom is -0.351 e. The van der Waals surface area contributed by atoms with E-state index in [1.165, 1.54) is 25.0 Å². The molecule has 4 nitrogen and oxygen atoms in total. The monoisotopic (exact) mass is 304 g/mol. The van der Waals surface area contributed by atoms with E-state index in [1.807, 2.05) is 23.9 Å². The molecule has 3 rings (SSSR count). The maximum atomic E-state index is 12.2. The van der Waals surface area contributed by atoms with E-state index in [0.717, 1.165) is 17.8 Å². The Morgan fingerprint density at radius 3 is 3.05 bits per heavy atom. The summed E-state index contributed by atoms with van der Waals surface area (Å²) in [6.45, 7) is 0.747. The highest BCUT2D eigenvalue weighted by Gasteiger charge is 2.18. The number of benzene rings is 1. The van der Waals surface area contributed by atoms with Crippen LogP contribution in [0.15, 0.2) is 18.2 Å². The van der Waals surface area contributed by atoms with Gasteiger partial charge in [-0.15, -0.1) is 0 Å². The zero-order valence-corrected chi connectivity index (χ0v) is 12.8. The zero-order valence-electron chi connectivity index (χ0n) is 12.0. The largest absolute Gasteiger partial charge is 0.351 e. The van der Waals surface area contributed by atoms with E-state index >= 15 is 0 Å². The minimum absolute atomic E-state index is 0.0131. The summed E-state index contributed by atoms with van der Waals surface area (Å²) in [7, 11) is 0. The molecule has 1 unspecified atom stereocenters. The molecular formula is C16H20N2O2S. The minimum atomic E-state index is -0.0131. The van der Waals surface area contributed by atoms with Crippen LogP contribution < -0.4 is 10.6 Å². The van der Waals surface area contributed by atoms with Gasteiger partial charge in [-0.2, -0.15) is 11.8 Å². The number of carbonyl (C=O) groups is 2. The van der Waals surface area contributed by atoms with Gasteiger partial charge in [0.15, 0.2) is 0 Å². The second-order valence-corrected chi connectivity index (χ2v) is 7.03. The molecule has 2 aliphatic heterocycles. The van der Waals surface area contributed by atoms with Gasteiger partial charge in [-0.1, -0.05) is 6.42 Å². The summed E-state index contributed by atoms with van der Waals surface area (Å²) in [6.07, 6.45) is 4.97. The van der Waals surface area contributed by atoms with Gasteiger partial charge >= 0.3 is 0 Å². The van der Waals surface area contributed by atoms with Crippen molar-refractivity contribution < 1.29 is 9.59 Å². The maximum absolute atomic E-state index is 12.2. The number of nitrogens with one attached hydrogen (secondary N) is 2. The van der Waals surface area contributed by atoms with Crippen LogP contribution in [0, 0.1) is 0 Å². The summed E-state index contributed by atoms with van der Waals surface area (Å²) in [5, 5.41) is 6.43. The lowest BCUT2D eigenvalue weighted by Gasteiger charge is -2.21. The number of rotatable bonds is 3. The summed E-state index contributed by atoms with van der Waals surface area (Å²) >= 11 is 1.96. The van der Waals surface area contributed by atoms with Gasteiger partial charge in [-0.3, -0.25) is 9.59 Å². The fourth-order valence-corrected chi connectivity index (χ4v) is 4.04. The third-order valence-electron chi connectivity index (χ3n) is 4.03. The second kappa shape index (κ2) is 6.52. The van der Waals surface area contributed by atoms with Gasteiger partial charge in [0.25, 0.3) is 5.91 Å². The van der Waals surface area contributed by atoms with Crippen molar-refractivity contribution in [2.24, 2.45) is 0 Å². The Morgan fingerprint density at radius 1 is 1.33 bits per heavy atom. The number of aryl methyl sites for hydroxylation is 1. The molecule has 21 heavy (non-hydrogen) atoms. The number of fused-ring (bicyclic) bond motifs is 1. The molecule has 2 amide bonds. The van der Waals surface area contributed by atoms with E-state index in [-0.39, 0.29) is 11.8 Å². The van der Waals surface area contributed by atoms with Gasteiger partial charge < -0.3 is 10.6 Å². The van der Waals surface area contributed by atoms with Gasteiger partial charge in [-0.25, -0.2) is 0 Å². The topological polar surface area (TPSA) is 58.2 Å². The molecule has 0 saturated carbocycles. The maximum Gasteiger partial charge on any atom is 0.251 e. The molecule has 112 valence electrons. The van der Waals surface area contributed by atoms with Crippen LogP contribution in [0.1, 0.15) is 41.6 Å². The van der Waals surface area contributed by atoms with Crippen molar-refractivity contribution in [1.29, 1.82) is 0 Å². The van der Waals surface area contributed by atoms with Crippen molar-refractivity contribution in [3.63, 3.8) is 0 Å². The standard InChI is InChI=1S/C16H20N2O2S/c19-15-7-5-11-9-12(4-6-14(11)18-15)16(20)17-10-13-3-1-2-8-21-13/h4,6,9,13H,1-3,5,7-8,10H2,(H,17,20)(H,18,19). The van der Waals surface area contributed by atoms with Crippen molar-refractivity contribution in [3.05, 3.63) is 29.3 Å². The molecule has 0 bridgehead atoms. The number of hydrogen-bond acceptors (Lipinski definition) is 3. The molecule has 5 heteroatoms. The average molecular weight is 304 g/mol. The molecular weight excluding hydrogens is 284 g/mol. The quantitative estimate of drug-likeness (QED) is 0.902. The highest BCUT2D eigenvalue weighted by atomic mass is 32.2. The van der Waals surface area contributed by atoms with Crippen molar-refractivity contribution in [2.75, 3.05) is 17.6 Å². The molecule has 2 heterocycles. The van der Waals surface area contributed by atoms with Crippen LogP contribution in [0.25, 0.3) is 0 Å². The Labute approximate surface area is 129 Å². The molecule has 0 spiro atoms. The van der Waals surface area contributed by atoms with Gasteiger partial charge in [0.05, 0.1) is 0 Å². The van der Waals surface area contributed by atoms with Gasteiger partial charge in [0.1, 0.15) is 0 Å². The molecule has 0 radical (unpaired) electrons. The number of hydrogen-bond donors (Lipinski definition) is 2. The van der Waals surface area contributed by atoms with Crippen LogP contribution in [0.5, 0.6) is 0 Å². The molecule has 1 fully saturated rings. The molecule has 1 aromatic carbocycles. The Balaban J connectivity index is 1.60. The van der Waals surface area contributed by atoms with Crippen LogP contribution in [-0.4, -0.2) is 29.4 Å². The van der Waals surface area contributed by atoms with Crippen LogP contribution in [-0.2, 0) is 11.2 Å². The molecule has 0 aliphatic carbocycles. The van der Waals surface area contributed by atoms with Gasteiger partial charge in [-0.05, 0) is 48.8 Å². The van der Waals surface area contributed by atoms with Gasteiger partial charge in [0, 0.05) is 29.5 Å². The first-order valence-electron chi connectivity index (χ1n) is 7.55. The van der Waals surface area contributed by atoms with E-state index < -0.39 is 0 Å². The number of amides is 2. The number of anilines is 1. The van der Waals surface area contributed by atoms with Crippen molar-refractivity contribution in [2.45, 2.75) is 37.4 Å².